The highest BCUT2D eigenvalue weighted by molar-refractivity contribution is 5.69. The molecule has 0 aromatic carbocycles. The fourth-order valence-electron chi connectivity index (χ4n) is 1.89. The van der Waals surface area contributed by atoms with Gasteiger partial charge in [-0.05, 0) is 19.8 Å². The number of ether oxygens (including phenoxy) is 1. The van der Waals surface area contributed by atoms with Gasteiger partial charge in [0.05, 0.1) is 12.6 Å². The maximum Gasteiger partial charge on any atom is 0.317 e. The Balaban J connectivity index is 2.32. The van der Waals surface area contributed by atoms with Crippen molar-refractivity contribution in [2.24, 2.45) is 0 Å². The summed E-state index contributed by atoms with van der Waals surface area (Å²) in [6, 6.07) is 0.343. The minimum atomic E-state index is -0.781. The lowest BCUT2D eigenvalue weighted by molar-refractivity contribution is -0.140. The maximum absolute atomic E-state index is 10.6. The van der Waals surface area contributed by atoms with Gasteiger partial charge >= 0.3 is 5.97 Å². The summed E-state index contributed by atoms with van der Waals surface area (Å²) in [6.45, 7) is 7.08. The Hall–Kier alpha value is -0.870. The standard InChI is InChI=1S/C11H19NO3/c1-3-5-12(8-11(13)14)9-6-10(7-9)15-4-2/h3,9-10H,1,4-8H2,2H3,(H,13,14). The molecule has 0 unspecified atom stereocenters. The summed E-state index contributed by atoms with van der Waals surface area (Å²) in [4.78, 5) is 12.6. The fraction of sp³-hybridized carbons (Fsp3) is 0.727. The van der Waals surface area contributed by atoms with E-state index >= 15 is 0 Å². The minimum Gasteiger partial charge on any atom is -0.480 e. The van der Waals surface area contributed by atoms with Gasteiger partial charge in [0, 0.05) is 19.2 Å². The van der Waals surface area contributed by atoms with Crippen molar-refractivity contribution in [2.75, 3.05) is 19.7 Å². The van der Waals surface area contributed by atoms with Crippen molar-refractivity contribution in [2.45, 2.75) is 31.9 Å². The van der Waals surface area contributed by atoms with Gasteiger partial charge in [-0.3, -0.25) is 9.69 Å². The van der Waals surface area contributed by atoms with Crippen molar-refractivity contribution >= 4 is 5.97 Å². The van der Waals surface area contributed by atoms with E-state index in [4.69, 9.17) is 9.84 Å². The molecule has 4 heteroatoms. The Labute approximate surface area is 90.5 Å². The Morgan fingerprint density at radius 3 is 2.80 bits per heavy atom. The highest BCUT2D eigenvalue weighted by atomic mass is 16.5. The number of carboxylic acids is 1. The van der Waals surface area contributed by atoms with Crippen LogP contribution in [0.1, 0.15) is 19.8 Å². The number of carbonyl (C=O) groups is 1. The van der Waals surface area contributed by atoms with Crippen LogP contribution < -0.4 is 0 Å². The summed E-state index contributed by atoms with van der Waals surface area (Å²) >= 11 is 0. The van der Waals surface area contributed by atoms with Crippen LogP contribution in [0.25, 0.3) is 0 Å². The molecule has 0 amide bonds. The first-order valence-electron chi connectivity index (χ1n) is 5.35. The van der Waals surface area contributed by atoms with Crippen molar-refractivity contribution in [1.82, 2.24) is 4.90 Å². The quantitative estimate of drug-likeness (QED) is 0.644. The first-order valence-corrected chi connectivity index (χ1v) is 5.35. The average molecular weight is 213 g/mol. The van der Waals surface area contributed by atoms with Crippen LogP contribution in [0.2, 0.25) is 0 Å². The highest BCUT2D eigenvalue weighted by Crippen LogP contribution is 2.28. The third-order valence-corrected chi connectivity index (χ3v) is 2.69. The first-order chi connectivity index (χ1) is 7.17. The minimum absolute atomic E-state index is 0.0928. The zero-order valence-electron chi connectivity index (χ0n) is 9.19. The second-order valence-corrected chi connectivity index (χ2v) is 3.81. The Morgan fingerprint density at radius 1 is 1.67 bits per heavy atom. The molecule has 4 nitrogen and oxygen atoms in total. The molecular formula is C11H19NO3. The summed E-state index contributed by atoms with van der Waals surface area (Å²) in [5, 5.41) is 8.74. The summed E-state index contributed by atoms with van der Waals surface area (Å²) in [5.41, 5.74) is 0. The molecule has 0 atom stereocenters. The smallest absolute Gasteiger partial charge is 0.317 e. The van der Waals surface area contributed by atoms with Gasteiger partial charge in [-0.25, -0.2) is 0 Å². The second-order valence-electron chi connectivity index (χ2n) is 3.81. The van der Waals surface area contributed by atoms with Crippen molar-refractivity contribution in [3.8, 4) is 0 Å². The molecule has 0 radical (unpaired) electrons. The molecule has 1 rings (SSSR count). The average Bonchev–Trinajstić information content (AvgIpc) is 2.09. The Morgan fingerprint density at radius 2 is 2.33 bits per heavy atom. The van der Waals surface area contributed by atoms with Gasteiger partial charge in [0.1, 0.15) is 0 Å². The lowest BCUT2D eigenvalue weighted by atomic mass is 9.87. The van der Waals surface area contributed by atoms with E-state index in [1.165, 1.54) is 0 Å². The van der Waals surface area contributed by atoms with E-state index in [1.807, 2.05) is 11.8 Å². The van der Waals surface area contributed by atoms with Crippen LogP contribution in [0.4, 0.5) is 0 Å². The van der Waals surface area contributed by atoms with Crippen LogP contribution in [0.3, 0.4) is 0 Å². The maximum atomic E-state index is 10.6. The van der Waals surface area contributed by atoms with E-state index in [1.54, 1.807) is 6.08 Å². The molecule has 86 valence electrons. The number of hydrogen-bond acceptors (Lipinski definition) is 3. The van der Waals surface area contributed by atoms with Gasteiger partial charge in [0.2, 0.25) is 0 Å². The van der Waals surface area contributed by atoms with Crippen molar-refractivity contribution in [3.63, 3.8) is 0 Å². The molecule has 0 aromatic rings. The van der Waals surface area contributed by atoms with Gasteiger partial charge in [0.15, 0.2) is 0 Å². The molecule has 0 bridgehead atoms. The zero-order valence-corrected chi connectivity index (χ0v) is 9.19. The number of hydrogen-bond donors (Lipinski definition) is 1. The number of nitrogens with zero attached hydrogens (tertiary/aromatic N) is 1. The molecule has 0 saturated heterocycles. The molecule has 1 N–H and O–H groups in total. The third kappa shape index (κ3) is 3.64. The summed E-state index contributed by atoms with van der Waals surface area (Å²) in [7, 11) is 0. The van der Waals surface area contributed by atoms with Gasteiger partial charge < -0.3 is 9.84 Å². The molecule has 1 fully saturated rings. The van der Waals surface area contributed by atoms with Crippen LogP contribution in [0.15, 0.2) is 12.7 Å². The predicted molar refractivity (Wildman–Crippen MR) is 57.8 cm³/mol. The largest absolute Gasteiger partial charge is 0.480 e. The van der Waals surface area contributed by atoms with Crippen LogP contribution >= 0.6 is 0 Å². The van der Waals surface area contributed by atoms with Crippen molar-refractivity contribution in [1.29, 1.82) is 0 Å². The Kier molecular flexibility index (Phi) is 4.78. The van der Waals surface area contributed by atoms with E-state index in [2.05, 4.69) is 6.58 Å². The van der Waals surface area contributed by atoms with Crippen molar-refractivity contribution < 1.29 is 14.6 Å². The second kappa shape index (κ2) is 5.88. The first kappa shape index (κ1) is 12.2. The van der Waals surface area contributed by atoms with Crippen LogP contribution in [0, 0.1) is 0 Å². The van der Waals surface area contributed by atoms with Gasteiger partial charge in [-0.15, -0.1) is 6.58 Å². The summed E-state index contributed by atoms with van der Waals surface area (Å²) < 4.78 is 5.44. The van der Waals surface area contributed by atoms with Crippen LogP contribution in [-0.2, 0) is 9.53 Å². The molecular weight excluding hydrogens is 194 g/mol. The Bertz CT molecular complexity index is 224. The summed E-state index contributed by atoms with van der Waals surface area (Å²) in [6.07, 6.45) is 3.95. The van der Waals surface area contributed by atoms with Crippen molar-refractivity contribution in [3.05, 3.63) is 12.7 Å². The van der Waals surface area contributed by atoms with E-state index in [-0.39, 0.29) is 6.54 Å². The van der Waals surface area contributed by atoms with E-state index < -0.39 is 5.97 Å². The fourth-order valence-corrected chi connectivity index (χ4v) is 1.89. The van der Waals surface area contributed by atoms with Crippen LogP contribution in [0.5, 0.6) is 0 Å². The molecule has 15 heavy (non-hydrogen) atoms. The van der Waals surface area contributed by atoms with Gasteiger partial charge in [-0.2, -0.15) is 0 Å². The lowest BCUT2D eigenvalue weighted by Gasteiger charge is -2.41. The molecule has 0 aromatic heterocycles. The van der Waals surface area contributed by atoms with E-state index in [9.17, 15) is 4.79 Å². The molecule has 0 spiro atoms. The molecule has 0 heterocycles. The number of aliphatic carboxylic acids is 1. The molecule has 1 aliphatic carbocycles. The van der Waals surface area contributed by atoms with Gasteiger partial charge in [0.25, 0.3) is 0 Å². The lowest BCUT2D eigenvalue weighted by Crippen LogP contribution is -2.49. The molecule has 0 aliphatic heterocycles. The number of carboxylic acid groups (broad SMARTS) is 1. The van der Waals surface area contributed by atoms with E-state index in [0.29, 0.717) is 18.7 Å². The highest BCUT2D eigenvalue weighted by Gasteiger charge is 2.34. The number of rotatable bonds is 7. The van der Waals surface area contributed by atoms with E-state index in [0.717, 1.165) is 19.4 Å². The molecule has 1 aliphatic rings. The molecule has 1 saturated carbocycles. The topological polar surface area (TPSA) is 49.8 Å². The zero-order chi connectivity index (χ0) is 11.3. The monoisotopic (exact) mass is 213 g/mol. The SMILES string of the molecule is C=CCN(CC(=O)O)C1CC(OCC)C1. The van der Waals surface area contributed by atoms with Gasteiger partial charge in [-0.1, -0.05) is 6.08 Å². The summed E-state index contributed by atoms with van der Waals surface area (Å²) in [5.74, 6) is -0.781. The predicted octanol–water partition coefficient (Wildman–Crippen LogP) is 1.13. The third-order valence-electron chi connectivity index (χ3n) is 2.69. The van der Waals surface area contributed by atoms with Crippen LogP contribution in [-0.4, -0.2) is 47.8 Å². The normalized spacial score (nSPS) is 24.9.